The molecule has 0 aliphatic rings. The van der Waals surface area contributed by atoms with Gasteiger partial charge in [-0.1, -0.05) is 0 Å². The van der Waals surface area contributed by atoms with E-state index >= 15 is 0 Å². The van der Waals surface area contributed by atoms with E-state index < -0.39 is 11.9 Å². The van der Waals surface area contributed by atoms with Crippen molar-refractivity contribution in [2.75, 3.05) is 12.3 Å². The van der Waals surface area contributed by atoms with Crippen LogP contribution in [0.4, 0.5) is 10.1 Å². The van der Waals surface area contributed by atoms with Gasteiger partial charge in [0, 0.05) is 11.0 Å². The molecule has 0 fully saturated rings. The number of aliphatic hydroxyl groups excluding tert-OH is 1. The fraction of sp³-hybridized carbons (Fsp3) is 0.250. The van der Waals surface area contributed by atoms with E-state index in [-0.39, 0.29) is 12.2 Å². The van der Waals surface area contributed by atoms with Crippen LogP contribution >= 0.6 is 15.9 Å². The van der Waals surface area contributed by atoms with E-state index in [1.807, 2.05) is 0 Å². The van der Waals surface area contributed by atoms with E-state index in [4.69, 9.17) is 11.5 Å². The van der Waals surface area contributed by atoms with Crippen molar-refractivity contribution in [3.05, 3.63) is 28.0 Å². The molecule has 0 aliphatic carbocycles. The topological polar surface area (TPSA) is 72.3 Å². The minimum Gasteiger partial charge on any atom is -0.395 e. The first-order valence-electron chi connectivity index (χ1n) is 3.68. The van der Waals surface area contributed by atoms with E-state index in [2.05, 4.69) is 15.9 Å². The Bertz CT molecular complexity index is 296. The Balaban J connectivity index is 3.13. The molecule has 1 aromatic rings. The van der Waals surface area contributed by atoms with E-state index in [0.29, 0.717) is 10.0 Å². The normalized spacial score (nSPS) is 12.9. The summed E-state index contributed by atoms with van der Waals surface area (Å²) >= 11 is 3.08. The molecule has 5 heteroatoms. The molecule has 0 aromatic heterocycles. The van der Waals surface area contributed by atoms with Crippen LogP contribution in [0.3, 0.4) is 0 Å². The smallest absolute Gasteiger partial charge is 0.147 e. The monoisotopic (exact) mass is 248 g/mol. The van der Waals surface area contributed by atoms with E-state index in [1.165, 1.54) is 6.07 Å². The maximum absolute atomic E-state index is 13.0. The first-order chi connectivity index (χ1) is 6.06. The van der Waals surface area contributed by atoms with Gasteiger partial charge < -0.3 is 16.6 Å². The molecule has 1 atom stereocenters. The average Bonchev–Trinajstić information content (AvgIpc) is 2.12. The van der Waals surface area contributed by atoms with Crippen LogP contribution in [-0.2, 0) is 0 Å². The minimum atomic E-state index is -0.855. The summed E-state index contributed by atoms with van der Waals surface area (Å²) in [6.45, 7) is 0.0514. The first-order valence-corrected chi connectivity index (χ1v) is 4.48. The molecule has 0 heterocycles. The molecule has 0 bridgehead atoms. The number of aliphatic hydroxyl groups is 1. The molecule has 0 amide bonds. The maximum atomic E-state index is 13.0. The van der Waals surface area contributed by atoms with Gasteiger partial charge >= 0.3 is 0 Å². The highest BCUT2D eigenvalue weighted by atomic mass is 79.9. The number of hydrogen-bond donors (Lipinski definition) is 3. The number of benzene rings is 1. The van der Waals surface area contributed by atoms with Crippen molar-refractivity contribution < 1.29 is 9.50 Å². The summed E-state index contributed by atoms with van der Waals surface area (Å²) in [7, 11) is 0. The highest BCUT2D eigenvalue weighted by Gasteiger charge is 2.10. The van der Waals surface area contributed by atoms with Gasteiger partial charge in [-0.25, -0.2) is 4.39 Å². The second-order valence-corrected chi connectivity index (χ2v) is 3.50. The van der Waals surface area contributed by atoms with Crippen molar-refractivity contribution in [2.24, 2.45) is 5.73 Å². The molecule has 1 aromatic carbocycles. The number of anilines is 1. The largest absolute Gasteiger partial charge is 0.395 e. The fourth-order valence-electron chi connectivity index (χ4n) is 0.932. The van der Waals surface area contributed by atoms with Gasteiger partial charge in [0.1, 0.15) is 5.82 Å². The van der Waals surface area contributed by atoms with Crippen LogP contribution in [-0.4, -0.2) is 11.7 Å². The highest BCUT2D eigenvalue weighted by Crippen LogP contribution is 2.26. The summed E-state index contributed by atoms with van der Waals surface area (Å²) in [5, 5.41) is 9.32. The Morgan fingerprint density at radius 2 is 2.15 bits per heavy atom. The number of rotatable bonds is 2. The fourth-order valence-corrected chi connectivity index (χ4v) is 1.39. The summed E-state index contributed by atoms with van der Waals surface area (Å²) in [6, 6.07) is 2.73. The van der Waals surface area contributed by atoms with Gasteiger partial charge in [-0.15, -0.1) is 0 Å². The third-order valence-electron chi connectivity index (χ3n) is 1.71. The molecule has 5 N–H and O–H groups in total. The van der Waals surface area contributed by atoms with Gasteiger partial charge in [-0.3, -0.25) is 0 Å². The number of nitrogen functional groups attached to an aromatic ring is 1. The van der Waals surface area contributed by atoms with Crippen LogP contribution in [0.5, 0.6) is 0 Å². The second-order valence-electron chi connectivity index (χ2n) is 2.65. The predicted molar refractivity (Wildman–Crippen MR) is 52.5 cm³/mol. The standard InChI is InChI=1S/C8H10BrFN2O/c9-5-1-4(7(13)3-11)2-6(10)8(5)12/h1-2,7,13H,3,11-12H2/t7-/m0/s1. The molecule has 0 radical (unpaired) electrons. The maximum Gasteiger partial charge on any atom is 0.147 e. The van der Waals surface area contributed by atoms with Crippen LogP contribution in [0, 0.1) is 5.82 Å². The van der Waals surface area contributed by atoms with Gasteiger partial charge in [-0.2, -0.15) is 0 Å². The highest BCUT2D eigenvalue weighted by molar-refractivity contribution is 9.10. The Morgan fingerprint density at radius 3 is 2.62 bits per heavy atom. The second kappa shape index (κ2) is 4.04. The number of hydrogen-bond acceptors (Lipinski definition) is 3. The Morgan fingerprint density at radius 1 is 1.54 bits per heavy atom. The van der Waals surface area contributed by atoms with Gasteiger partial charge in [0.15, 0.2) is 0 Å². The van der Waals surface area contributed by atoms with Gasteiger partial charge in [0.05, 0.1) is 11.8 Å². The van der Waals surface area contributed by atoms with Crippen LogP contribution in [0.2, 0.25) is 0 Å². The summed E-state index contributed by atoms with van der Waals surface area (Å²) < 4.78 is 13.5. The van der Waals surface area contributed by atoms with Gasteiger partial charge in [0.25, 0.3) is 0 Å². The predicted octanol–water partition coefficient (Wildman–Crippen LogP) is 1.16. The summed E-state index contributed by atoms with van der Waals surface area (Å²) in [4.78, 5) is 0. The zero-order valence-corrected chi connectivity index (χ0v) is 8.38. The lowest BCUT2D eigenvalue weighted by atomic mass is 10.1. The van der Waals surface area contributed by atoms with Crippen molar-refractivity contribution in [3.8, 4) is 0 Å². The average molecular weight is 249 g/mol. The minimum absolute atomic E-state index is 0.0352. The SMILES string of the molecule is NC[C@H](O)c1cc(F)c(N)c(Br)c1. The van der Waals surface area contributed by atoms with Gasteiger partial charge in [0.2, 0.25) is 0 Å². The van der Waals surface area contributed by atoms with Crippen LogP contribution < -0.4 is 11.5 Å². The van der Waals surface area contributed by atoms with Crippen molar-refractivity contribution in [2.45, 2.75) is 6.10 Å². The molecule has 13 heavy (non-hydrogen) atoms. The third-order valence-corrected chi connectivity index (χ3v) is 2.37. The van der Waals surface area contributed by atoms with Crippen molar-refractivity contribution in [3.63, 3.8) is 0 Å². The molecule has 72 valence electrons. The summed E-state index contributed by atoms with van der Waals surface area (Å²) in [5.41, 5.74) is 11.0. The molecule has 0 aliphatic heterocycles. The van der Waals surface area contributed by atoms with Crippen LogP contribution in [0.25, 0.3) is 0 Å². The molecule has 0 spiro atoms. The number of halogens is 2. The first kappa shape index (κ1) is 10.4. The van der Waals surface area contributed by atoms with Crippen molar-refractivity contribution in [1.82, 2.24) is 0 Å². The lowest BCUT2D eigenvalue weighted by Gasteiger charge is -2.10. The van der Waals surface area contributed by atoms with Crippen molar-refractivity contribution >= 4 is 21.6 Å². The zero-order chi connectivity index (χ0) is 10.0. The van der Waals surface area contributed by atoms with Gasteiger partial charge in [-0.05, 0) is 33.6 Å². The van der Waals surface area contributed by atoms with Crippen LogP contribution in [0.15, 0.2) is 16.6 Å². The molecule has 0 saturated carbocycles. The Labute approximate surface area is 83.7 Å². The van der Waals surface area contributed by atoms with E-state index in [1.54, 1.807) is 6.07 Å². The Hall–Kier alpha value is -0.650. The molecule has 1 rings (SSSR count). The molecule has 0 saturated heterocycles. The molecule has 3 nitrogen and oxygen atoms in total. The number of nitrogens with two attached hydrogens (primary N) is 2. The van der Waals surface area contributed by atoms with Crippen molar-refractivity contribution in [1.29, 1.82) is 0 Å². The molecular weight excluding hydrogens is 239 g/mol. The van der Waals surface area contributed by atoms with Crippen LogP contribution in [0.1, 0.15) is 11.7 Å². The van der Waals surface area contributed by atoms with E-state index in [0.717, 1.165) is 0 Å². The van der Waals surface area contributed by atoms with E-state index in [9.17, 15) is 9.50 Å². The zero-order valence-electron chi connectivity index (χ0n) is 6.80. The lowest BCUT2D eigenvalue weighted by Crippen LogP contribution is -2.12. The third kappa shape index (κ3) is 2.18. The lowest BCUT2D eigenvalue weighted by molar-refractivity contribution is 0.186. The summed E-state index contributed by atoms with van der Waals surface area (Å²) in [5.74, 6) is -0.558. The quantitative estimate of drug-likeness (QED) is 0.688. The Kier molecular flexibility index (Phi) is 3.24. The molecule has 0 unspecified atom stereocenters. The summed E-state index contributed by atoms with van der Waals surface area (Å²) in [6.07, 6.45) is -0.855. The molecular formula is C8H10BrFN2O.